The van der Waals surface area contributed by atoms with Crippen molar-refractivity contribution in [3.05, 3.63) is 57.3 Å². The highest BCUT2D eigenvalue weighted by molar-refractivity contribution is 7.19. The fourth-order valence-electron chi connectivity index (χ4n) is 7.20. The second-order valence-electron chi connectivity index (χ2n) is 12.4. The summed E-state index contributed by atoms with van der Waals surface area (Å²) < 4.78 is 13.4. The molecule has 4 aromatic heterocycles. The molecule has 2 unspecified atom stereocenters. The molecule has 8 rings (SSSR count). The lowest BCUT2D eigenvalue weighted by atomic mass is 10.1. The summed E-state index contributed by atoms with van der Waals surface area (Å²) in [6.45, 7) is 5.42. The van der Waals surface area contributed by atoms with E-state index in [4.69, 9.17) is 15.0 Å². The van der Waals surface area contributed by atoms with Gasteiger partial charge in [-0.2, -0.15) is 0 Å². The van der Waals surface area contributed by atoms with E-state index in [1.54, 1.807) is 18.3 Å². The third kappa shape index (κ3) is 4.94. The number of nitrogen functional groups attached to an aromatic ring is 1. The summed E-state index contributed by atoms with van der Waals surface area (Å²) in [6, 6.07) is 5.97. The van der Waals surface area contributed by atoms with Gasteiger partial charge in [0, 0.05) is 58.3 Å². The fraction of sp³-hybridized carbons (Fsp3) is 0.467. The van der Waals surface area contributed by atoms with Gasteiger partial charge in [-0.3, -0.25) is 23.9 Å². The van der Waals surface area contributed by atoms with Crippen molar-refractivity contribution in [3.8, 4) is 0 Å². The summed E-state index contributed by atoms with van der Waals surface area (Å²) in [6.07, 6.45) is 5.74. The number of fused-ring (bicyclic) bond motifs is 4. The maximum atomic E-state index is 13.6. The van der Waals surface area contributed by atoms with E-state index in [0.717, 1.165) is 54.1 Å². The van der Waals surface area contributed by atoms with Crippen LogP contribution in [0.5, 0.6) is 0 Å². The van der Waals surface area contributed by atoms with E-state index in [1.807, 2.05) is 13.0 Å². The van der Waals surface area contributed by atoms with E-state index >= 15 is 0 Å². The van der Waals surface area contributed by atoms with Crippen LogP contribution in [0.4, 0.5) is 17.4 Å². The highest BCUT2D eigenvalue weighted by Gasteiger charge is 2.46. The van der Waals surface area contributed by atoms with Crippen LogP contribution in [0.2, 0.25) is 0 Å². The Morgan fingerprint density at radius 2 is 1.89 bits per heavy atom. The molecular formula is C30H33N9O5S. The number of rotatable bonds is 7. The normalized spacial score (nSPS) is 24.5. The van der Waals surface area contributed by atoms with Crippen molar-refractivity contribution >= 4 is 50.6 Å². The average molecular weight is 632 g/mol. The largest absolute Gasteiger partial charge is 0.384 e. The van der Waals surface area contributed by atoms with Gasteiger partial charge in [-0.25, -0.2) is 9.97 Å². The molecule has 15 heteroatoms. The Morgan fingerprint density at radius 3 is 2.64 bits per heavy atom. The van der Waals surface area contributed by atoms with Crippen LogP contribution in [0, 0.1) is 0 Å². The number of pyridine rings is 1. The van der Waals surface area contributed by atoms with Crippen molar-refractivity contribution in [1.82, 2.24) is 29.9 Å². The number of anilines is 3. The molecule has 14 nitrogen and oxygen atoms in total. The number of hydrogen-bond acceptors (Lipinski definition) is 12. The molecule has 3 saturated heterocycles. The van der Waals surface area contributed by atoms with Gasteiger partial charge in [0.15, 0.2) is 5.69 Å². The van der Waals surface area contributed by atoms with E-state index in [1.165, 1.54) is 22.1 Å². The molecule has 0 saturated carbocycles. The number of carbonyl (C=O) groups excluding carboxylic acids is 2. The Hall–Kier alpha value is -4.34. The van der Waals surface area contributed by atoms with E-state index in [0.29, 0.717) is 48.6 Å². The standard InChI is InChI=1S/C30H33N9O5S/c1-15-4-23(29(41)34-9-20-5-16-8-32-25(31)7-24(16)45-20)39-27(15)33-10-22(30(39)42)35-28(40)21-6-26(44-36-21)37-11-17-2-3-18(12-37)38(17)19-13-43-14-19/h5-8,10,15,17-19,23H,2-4,9,11-14H2,1H3,(H2,31,32)(H,34,41)(H,35,40)/t15-,17?,18?,23+/m1/s1. The summed E-state index contributed by atoms with van der Waals surface area (Å²) >= 11 is 1.52. The number of amides is 2. The third-order valence-electron chi connectivity index (χ3n) is 9.44. The lowest BCUT2D eigenvalue weighted by molar-refractivity contribution is -0.124. The SMILES string of the molecule is C[C@@H]1C[C@@H](C(=O)NCc2cc3cnc(N)cc3s2)n2c1ncc(NC(=O)c1cc(N3CC4CCC(C3)N4C3COC3)on1)c2=O. The molecular weight excluding hydrogens is 598 g/mol. The summed E-state index contributed by atoms with van der Waals surface area (Å²) in [5.41, 5.74) is 5.35. The second-order valence-corrected chi connectivity index (χ2v) is 13.5. The minimum atomic E-state index is -0.752. The van der Waals surface area contributed by atoms with Crippen LogP contribution in [-0.4, -0.2) is 80.8 Å². The molecule has 4 N–H and O–H groups in total. The van der Waals surface area contributed by atoms with E-state index in [9.17, 15) is 14.4 Å². The van der Waals surface area contributed by atoms with Crippen LogP contribution >= 0.6 is 11.3 Å². The number of carbonyl (C=O) groups is 2. The van der Waals surface area contributed by atoms with E-state index in [-0.39, 0.29) is 23.2 Å². The van der Waals surface area contributed by atoms with Crippen LogP contribution in [0.3, 0.4) is 0 Å². The highest BCUT2D eigenvalue weighted by Crippen LogP contribution is 2.36. The molecule has 0 spiro atoms. The predicted molar refractivity (Wildman–Crippen MR) is 166 cm³/mol. The van der Waals surface area contributed by atoms with Crippen LogP contribution in [-0.2, 0) is 16.1 Å². The van der Waals surface area contributed by atoms with Gasteiger partial charge in [0.1, 0.15) is 23.4 Å². The smallest absolute Gasteiger partial charge is 0.278 e. The second kappa shape index (κ2) is 10.9. The van der Waals surface area contributed by atoms with Crippen molar-refractivity contribution in [1.29, 1.82) is 0 Å². The molecule has 4 aliphatic rings. The van der Waals surface area contributed by atoms with Crippen LogP contribution in [0.1, 0.15) is 59.3 Å². The number of thiophene rings is 1. The number of nitrogens with zero attached hydrogens (tertiary/aromatic N) is 6. The molecule has 2 bridgehead atoms. The maximum absolute atomic E-state index is 13.6. The monoisotopic (exact) mass is 631 g/mol. The summed E-state index contributed by atoms with van der Waals surface area (Å²) in [5, 5.41) is 10.6. The molecule has 4 aromatic rings. The van der Waals surface area contributed by atoms with Crippen molar-refractivity contribution in [2.45, 2.75) is 62.8 Å². The molecule has 45 heavy (non-hydrogen) atoms. The zero-order valence-corrected chi connectivity index (χ0v) is 25.5. The summed E-state index contributed by atoms with van der Waals surface area (Å²) in [5.74, 6) is 0.507. The zero-order valence-electron chi connectivity index (χ0n) is 24.6. The molecule has 0 aromatic carbocycles. The number of aromatic nitrogens is 4. The van der Waals surface area contributed by atoms with Gasteiger partial charge in [0.05, 0.1) is 32.0 Å². The molecule has 4 atom stereocenters. The van der Waals surface area contributed by atoms with Crippen LogP contribution < -0.4 is 26.8 Å². The van der Waals surface area contributed by atoms with Gasteiger partial charge < -0.3 is 30.5 Å². The topological polar surface area (TPSA) is 174 Å². The highest BCUT2D eigenvalue weighted by atomic mass is 32.1. The molecule has 0 radical (unpaired) electrons. The lowest BCUT2D eigenvalue weighted by Gasteiger charge is -2.47. The molecule has 2 amide bonds. The summed E-state index contributed by atoms with van der Waals surface area (Å²) in [7, 11) is 0. The van der Waals surface area contributed by atoms with E-state index in [2.05, 4.69) is 35.6 Å². The quantitative estimate of drug-likeness (QED) is 0.273. The number of ether oxygens (including phenoxy) is 1. The molecule has 8 heterocycles. The number of hydrogen-bond donors (Lipinski definition) is 3. The maximum Gasteiger partial charge on any atom is 0.278 e. The Balaban J connectivity index is 0.948. The number of nitrogens with two attached hydrogens (primary N) is 1. The molecule has 3 fully saturated rings. The van der Waals surface area contributed by atoms with Crippen molar-refractivity contribution in [2.75, 3.05) is 42.3 Å². The number of piperazine rings is 1. The van der Waals surface area contributed by atoms with Crippen molar-refractivity contribution in [3.63, 3.8) is 0 Å². The van der Waals surface area contributed by atoms with Crippen LogP contribution in [0.25, 0.3) is 10.1 Å². The van der Waals surface area contributed by atoms with Crippen molar-refractivity contribution < 1.29 is 18.8 Å². The van der Waals surface area contributed by atoms with E-state index < -0.39 is 17.5 Å². The molecule has 4 aliphatic heterocycles. The number of nitrogens with one attached hydrogen (secondary N) is 2. The first-order valence-electron chi connectivity index (χ1n) is 15.2. The minimum Gasteiger partial charge on any atom is -0.384 e. The zero-order chi connectivity index (χ0) is 30.8. The lowest BCUT2D eigenvalue weighted by Crippen LogP contribution is -2.62. The third-order valence-corrected chi connectivity index (χ3v) is 10.5. The predicted octanol–water partition coefficient (Wildman–Crippen LogP) is 2.09. The average Bonchev–Trinajstić information content (AvgIpc) is 3.77. The Morgan fingerprint density at radius 1 is 1.09 bits per heavy atom. The van der Waals surface area contributed by atoms with Gasteiger partial charge in [0.2, 0.25) is 11.8 Å². The summed E-state index contributed by atoms with van der Waals surface area (Å²) in [4.78, 5) is 54.4. The minimum absolute atomic E-state index is 0.0239. The molecule has 0 aliphatic carbocycles. The first kappa shape index (κ1) is 28.2. The molecule has 234 valence electrons. The Bertz CT molecular complexity index is 1850. The van der Waals surface area contributed by atoms with Crippen LogP contribution in [0.15, 0.2) is 39.9 Å². The van der Waals surface area contributed by atoms with Gasteiger partial charge >= 0.3 is 0 Å². The fourth-order valence-corrected chi connectivity index (χ4v) is 8.22. The Labute approximate surface area is 261 Å². The van der Waals surface area contributed by atoms with Gasteiger partial charge in [-0.05, 0) is 31.4 Å². The van der Waals surface area contributed by atoms with Crippen molar-refractivity contribution in [2.24, 2.45) is 0 Å². The first-order chi connectivity index (χ1) is 21.8. The van der Waals surface area contributed by atoms with Gasteiger partial charge in [-0.1, -0.05) is 12.1 Å². The van der Waals surface area contributed by atoms with Gasteiger partial charge in [-0.15, -0.1) is 11.3 Å². The Kier molecular flexibility index (Phi) is 6.84. The first-order valence-corrected chi connectivity index (χ1v) is 16.1. The van der Waals surface area contributed by atoms with Gasteiger partial charge in [0.25, 0.3) is 11.5 Å².